The number of amides is 2. The first kappa shape index (κ1) is 18.4. The van der Waals surface area contributed by atoms with E-state index in [0.717, 1.165) is 17.8 Å². The third-order valence-corrected chi connectivity index (χ3v) is 3.27. The zero-order chi connectivity index (χ0) is 18.1. The van der Waals surface area contributed by atoms with Crippen molar-refractivity contribution in [2.75, 3.05) is 30.9 Å². The second-order valence-electron chi connectivity index (χ2n) is 5.42. The van der Waals surface area contributed by atoms with Crippen molar-refractivity contribution in [1.82, 2.24) is 10.3 Å². The number of methoxy groups -OCH3 is 1. The molecule has 7 heteroatoms. The van der Waals surface area contributed by atoms with Crippen LogP contribution in [0.5, 0.6) is 0 Å². The molecule has 0 atom stereocenters. The Balaban J connectivity index is 2.01. The van der Waals surface area contributed by atoms with Crippen LogP contribution in [0.1, 0.15) is 23.8 Å². The standard InChI is InChI=1S/C18H22N4O3/c1-13(23)21-14-5-3-6-15(11-14)22-16-7-9-19-17(12-16)18(24)20-8-4-10-25-2/h3,5-7,9,11-12H,4,8,10H2,1-2H3,(H,19,22)(H,20,24)(H,21,23). The summed E-state index contributed by atoms with van der Waals surface area (Å²) in [5.41, 5.74) is 2.56. The number of carbonyl (C=O) groups excluding carboxylic acids is 2. The Morgan fingerprint density at radius 3 is 2.64 bits per heavy atom. The molecule has 0 saturated heterocycles. The van der Waals surface area contributed by atoms with Crippen LogP contribution in [-0.4, -0.2) is 37.1 Å². The molecule has 0 unspecified atom stereocenters. The molecular formula is C18H22N4O3. The molecule has 2 rings (SSSR count). The third-order valence-electron chi connectivity index (χ3n) is 3.27. The van der Waals surface area contributed by atoms with Crippen LogP contribution >= 0.6 is 0 Å². The fourth-order valence-electron chi connectivity index (χ4n) is 2.19. The molecule has 0 fully saturated rings. The summed E-state index contributed by atoms with van der Waals surface area (Å²) in [5.74, 6) is -0.361. The maximum atomic E-state index is 12.1. The van der Waals surface area contributed by atoms with Crippen molar-refractivity contribution in [3.05, 3.63) is 48.3 Å². The average molecular weight is 342 g/mol. The highest BCUT2D eigenvalue weighted by atomic mass is 16.5. The fourth-order valence-corrected chi connectivity index (χ4v) is 2.19. The second-order valence-corrected chi connectivity index (χ2v) is 5.42. The average Bonchev–Trinajstić information content (AvgIpc) is 2.58. The van der Waals surface area contributed by atoms with E-state index in [9.17, 15) is 9.59 Å². The van der Waals surface area contributed by atoms with E-state index in [1.54, 1.807) is 31.5 Å². The minimum atomic E-state index is -0.230. The number of benzene rings is 1. The van der Waals surface area contributed by atoms with E-state index in [4.69, 9.17) is 4.74 Å². The van der Waals surface area contributed by atoms with E-state index in [0.29, 0.717) is 24.5 Å². The molecule has 25 heavy (non-hydrogen) atoms. The summed E-state index contributed by atoms with van der Waals surface area (Å²) in [6, 6.07) is 10.8. The number of nitrogens with one attached hydrogen (secondary N) is 3. The molecule has 0 radical (unpaired) electrons. The van der Waals surface area contributed by atoms with Crippen LogP contribution in [-0.2, 0) is 9.53 Å². The Labute approximate surface area is 146 Å². The number of ether oxygens (including phenoxy) is 1. The van der Waals surface area contributed by atoms with Gasteiger partial charge in [0.2, 0.25) is 5.91 Å². The number of carbonyl (C=O) groups is 2. The molecule has 7 nitrogen and oxygen atoms in total. The summed E-state index contributed by atoms with van der Waals surface area (Å²) in [7, 11) is 1.62. The molecule has 0 aliphatic rings. The quantitative estimate of drug-likeness (QED) is 0.641. The predicted octanol–water partition coefficient (Wildman–Crippen LogP) is 2.55. The van der Waals surface area contributed by atoms with Gasteiger partial charge in [0.15, 0.2) is 0 Å². The van der Waals surface area contributed by atoms with E-state index in [1.165, 1.54) is 6.92 Å². The SMILES string of the molecule is COCCCNC(=O)c1cc(Nc2cccc(NC(C)=O)c2)ccn1. The number of rotatable bonds is 8. The van der Waals surface area contributed by atoms with Crippen LogP contribution in [0.2, 0.25) is 0 Å². The number of aromatic nitrogens is 1. The van der Waals surface area contributed by atoms with Crippen molar-refractivity contribution >= 4 is 28.9 Å². The Morgan fingerprint density at radius 1 is 1.12 bits per heavy atom. The summed E-state index contributed by atoms with van der Waals surface area (Å²) in [5, 5.41) is 8.73. The minimum Gasteiger partial charge on any atom is -0.385 e. The van der Waals surface area contributed by atoms with Crippen molar-refractivity contribution in [2.45, 2.75) is 13.3 Å². The van der Waals surface area contributed by atoms with Crippen LogP contribution in [0.15, 0.2) is 42.6 Å². The maximum Gasteiger partial charge on any atom is 0.269 e. The number of hydrogen-bond donors (Lipinski definition) is 3. The van der Waals surface area contributed by atoms with Crippen LogP contribution in [0.4, 0.5) is 17.1 Å². The highest BCUT2D eigenvalue weighted by Gasteiger charge is 2.07. The molecule has 0 aliphatic heterocycles. The van der Waals surface area contributed by atoms with Crippen LogP contribution in [0.3, 0.4) is 0 Å². The molecular weight excluding hydrogens is 320 g/mol. The monoisotopic (exact) mass is 342 g/mol. The first-order chi connectivity index (χ1) is 12.1. The lowest BCUT2D eigenvalue weighted by atomic mass is 10.2. The lowest BCUT2D eigenvalue weighted by Crippen LogP contribution is -2.26. The molecule has 1 aromatic heterocycles. The van der Waals surface area contributed by atoms with Gasteiger partial charge in [-0.1, -0.05) is 6.07 Å². The van der Waals surface area contributed by atoms with E-state index in [-0.39, 0.29) is 11.8 Å². The summed E-state index contributed by atoms with van der Waals surface area (Å²) in [4.78, 5) is 27.3. The van der Waals surface area contributed by atoms with Gasteiger partial charge in [0, 0.05) is 50.4 Å². The zero-order valence-electron chi connectivity index (χ0n) is 14.3. The van der Waals surface area contributed by atoms with Gasteiger partial charge in [0.1, 0.15) is 5.69 Å². The van der Waals surface area contributed by atoms with Crippen LogP contribution in [0.25, 0.3) is 0 Å². The van der Waals surface area contributed by atoms with Crippen molar-refractivity contribution in [2.24, 2.45) is 0 Å². The topological polar surface area (TPSA) is 92.4 Å². The van der Waals surface area contributed by atoms with Crippen molar-refractivity contribution < 1.29 is 14.3 Å². The molecule has 0 saturated carbocycles. The number of hydrogen-bond acceptors (Lipinski definition) is 5. The summed E-state index contributed by atoms with van der Waals surface area (Å²) >= 11 is 0. The first-order valence-corrected chi connectivity index (χ1v) is 7.96. The Morgan fingerprint density at radius 2 is 1.88 bits per heavy atom. The van der Waals surface area contributed by atoms with Gasteiger partial charge < -0.3 is 20.7 Å². The minimum absolute atomic E-state index is 0.131. The van der Waals surface area contributed by atoms with Crippen molar-refractivity contribution in [3.63, 3.8) is 0 Å². The maximum absolute atomic E-state index is 12.1. The molecule has 2 amide bonds. The third kappa shape index (κ3) is 6.23. The summed E-state index contributed by atoms with van der Waals surface area (Å²) in [6.07, 6.45) is 2.32. The largest absolute Gasteiger partial charge is 0.385 e. The van der Waals surface area contributed by atoms with Gasteiger partial charge in [0.05, 0.1) is 0 Å². The van der Waals surface area contributed by atoms with E-state index in [1.807, 2.05) is 18.2 Å². The highest BCUT2D eigenvalue weighted by molar-refractivity contribution is 5.93. The van der Waals surface area contributed by atoms with Crippen molar-refractivity contribution in [1.29, 1.82) is 0 Å². The van der Waals surface area contributed by atoms with Gasteiger partial charge in [0.25, 0.3) is 5.91 Å². The first-order valence-electron chi connectivity index (χ1n) is 7.96. The highest BCUT2D eigenvalue weighted by Crippen LogP contribution is 2.20. The van der Waals surface area contributed by atoms with Crippen molar-refractivity contribution in [3.8, 4) is 0 Å². The Bertz CT molecular complexity index is 734. The smallest absolute Gasteiger partial charge is 0.269 e. The van der Waals surface area contributed by atoms with E-state index in [2.05, 4.69) is 20.9 Å². The summed E-state index contributed by atoms with van der Waals surface area (Å²) < 4.78 is 4.95. The van der Waals surface area contributed by atoms with Gasteiger partial charge in [-0.05, 0) is 36.8 Å². The molecule has 2 aromatic rings. The zero-order valence-corrected chi connectivity index (χ0v) is 14.3. The van der Waals surface area contributed by atoms with Gasteiger partial charge in [-0.15, -0.1) is 0 Å². The molecule has 0 bridgehead atoms. The molecule has 132 valence electrons. The van der Waals surface area contributed by atoms with E-state index >= 15 is 0 Å². The van der Waals surface area contributed by atoms with Gasteiger partial charge >= 0.3 is 0 Å². The van der Waals surface area contributed by atoms with Crippen LogP contribution in [0, 0.1) is 0 Å². The molecule has 0 spiro atoms. The second kappa shape index (κ2) is 9.39. The molecule has 3 N–H and O–H groups in total. The molecule has 1 aromatic carbocycles. The number of pyridine rings is 1. The van der Waals surface area contributed by atoms with Crippen LogP contribution < -0.4 is 16.0 Å². The Hall–Kier alpha value is -2.93. The molecule has 0 aliphatic carbocycles. The van der Waals surface area contributed by atoms with Gasteiger partial charge in [-0.2, -0.15) is 0 Å². The molecule has 1 heterocycles. The number of nitrogens with zero attached hydrogens (tertiary/aromatic N) is 1. The number of anilines is 3. The lowest BCUT2D eigenvalue weighted by Gasteiger charge is -2.10. The van der Waals surface area contributed by atoms with Gasteiger partial charge in [-0.3, -0.25) is 14.6 Å². The summed E-state index contributed by atoms with van der Waals surface area (Å²) in [6.45, 7) is 2.59. The predicted molar refractivity (Wildman–Crippen MR) is 97.1 cm³/mol. The van der Waals surface area contributed by atoms with Gasteiger partial charge in [-0.25, -0.2) is 0 Å². The normalized spacial score (nSPS) is 10.2. The van der Waals surface area contributed by atoms with E-state index < -0.39 is 0 Å². The fraction of sp³-hybridized carbons (Fsp3) is 0.278. The lowest BCUT2D eigenvalue weighted by molar-refractivity contribution is -0.114. The Kier molecular flexibility index (Phi) is 6.91.